The van der Waals surface area contributed by atoms with Crippen LogP contribution in [0.5, 0.6) is 0 Å². The topological polar surface area (TPSA) is 81.1 Å². The Morgan fingerprint density at radius 1 is 1.19 bits per heavy atom. The van der Waals surface area contributed by atoms with Gasteiger partial charge in [0.2, 0.25) is 5.91 Å². The summed E-state index contributed by atoms with van der Waals surface area (Å²) in [6.45, 7) is 4.44. The molecular weight excluding hydrogens is 392 g/mol. The van der Waals surface area contributed by atoms with Gasteiger partial charge in [-0.05, 0) is 43.4 Å². The second-order valence-electron chi connectivity index (χ2n) is 8.38. The van der Waals surface area contributed by atoms with E-state index in [9.17, 15) is 9.59 Å². The molecule has 0 radical (unpaired) electrons. The second-order valence-corrected chi connectivity index (χ2v) is 8.38. The first-order chi connectivity index (χ1) is 14.9. The number of nitrogens with zero attached hydrogens (tertiary/aromatic N) is 5. The van der Waals surface area contributed by atoms with Crippen LogP contribution >= 0.6 is 0 Å². The lowest BCUT2D eigenvalue weighted by molar-refractivity contribution is -0.132. The zero-order valence-electron chi connectivity index (χ0n) is 18.2. The molecule has 8 heteroatoms. The number of hydrazone groups is 1. The Hall–Kier alpha value is -3.26. The summed E-state index contributed by atoms with van der Waals surface area (Å²) < 4.78 is 0. The first-order valence-corrected chi connectivity index (χ1v) is 10.5. The number of fused-ring (bicyclic) bond motifs is 1. The van der Waals surface area contributed by atoms with Crippen LogP contribution in [0.15, 0.2) is 47.7 Å². The molecular formula is C23H28N6O2. The fraction of sp³-hybridized carbons (Fsp3) is 0.391. The maximum atomic E-state index is 12.6. The number of carbonyl (C=O) groups excluding carboxylic acids is 2. The summed E-state index contributed by atoms with van der Waals surface area (Å²) in [6, 6.07) is 11.4. The minimum atomic E-state index is -0.144. The Labute approximate surface area is 182 Å². The predicted octanol–water partition coefficient (Wildman–Crippen LogP) is 2.76. The normalized spacial score (nSPS) is 18.3. The average molecular weight is 421 g/mol. The third-order valence-electron chi connectivity index (χ3n) is 5.63. The number of amides is 3. The summed E-state index contributed by atoms with van der Waals surface area (Å²) in [5, 5.41) is 9.17. The summed E-state index contributed by atoms with van der Waals surface area (Å²) in [6.07, 6.45) is 2.21. The van der Waals surface area contributed by atoms with Crippen LogP contribution in [0.3, 0.4) is 0 Å². The number of nitrogens with one attached hydrogen (secondary N) is 1. The van der Waals surface area contributed by atoms with E-state index in [1.807, 2.05) is 62.3 Å². The Morgan fingerprint density at radius 3 is 2.68 bits per heavy atom. The molecule has 8 nitrogen and oxygen atoms in total. The van der Waals surface area contributed by atoms with Crippen LogP contribution in [0.2, 0.25) is 0 Å². The number of rotatable bonds is 5. The van der Waals surface area contributed by atoms with Gasteiger partial charge in [0.1, 0.15) is 0 Å². The quantitative estimate of drug-likeness (QED) is 0.807. The average Bonchev–Trinajstić information content (AvgIpc) is 3.18. The maximum Gasteiger partial charge on any atom is 0.322 e. The SMILES string of the molecule is CC1CC(=O)N(CCN(C)C)N=C1c1ccc(NC(=O)N2Cc3cccnc3C2)cc1. The molecule has 0 bridgehead atoms. The van der Waals surface area contributed by atoms with Gasteiger partial charge in [-0.15, -0.1) is 0 Å². The fourth-order valence-electron chi connectivity index (χ4n) is 3.83. The Morgan fingerprint density at radius 2 is 1.97 bits per heavy atom. The molecule has 1 aromatic heterocycles. The van der Waals surface area contributed by atoms with Crippen LogP contribution < -0.4 is 5.32 Å². The third-order valence-corrected chi connectivity index (χ3v) is 5.63. The smallest absolute Gasteiger partial charge is 0.314 e. The van der Waals surface area contributed by atoms with E-state index in [0.29, 0.717) is 26.1 Å². The van der Waals surface area contributed by atoms with E-state index in [-0.39, 0.29) is 17.9 Å². The zero-order chi connectivity index (χ0) is 22.0. The highest BCUT2D eigenvalue weighted by Crippen LogP contribution is 2.24. The van der Waals surface area contributed by atoms with E-state index in [0.717, 1.165) is 34.8 Å². The molecule has 3 amide bonds. The minimum absolute atomic E-state index is 0.0548. The Bertz CT molecular complexity index is 976. The van der Waals surface area contributed by atoms with Crippen LogP contribution in [-0.4, -0.2) is 64.6 Å². The Balaban J connectivity index is 1.42. The highest BCUT2D eigenvalue weighted by Gasteiger charge is 2.27. The molecule has 31 heavy (non-hydrogen) atoms. The number of hydrogen-bond donors (Lipinski definition) is 1. The van der Waals surface area contributed by atoms with Gasteiger partial charge in [-0.25, -0.2) is 9.80 Å². The molecule has 0 saturated heterocycles. The molecule has 1 N–H and O–H groups in total. The van der Waals surface area contributed by atoms with Crippen molar-refractivity contribution in [3.05, 3.63) is 59.4 Å². The number of hydrogen-bond acceptors (Lipinski definition) is 5. The molecule has 162 valence electrons. The van der Waals surface area contributed by atoms with Crippen LogP contribution in [0.1, 0.15) is 30.2 Å². The monoisotopic (exact) mass is 420 g/mol. The molecule has 2 aliphatic rings. The number of urea groups is 1. The second kappa shape index (κ2) is 8.85. The number of benzene rings is 1. The van der Waals surface area contributed by atoms with Crippen molar-refractivity contribution in [3.8, 4) is 0 Å². The zero-order valence-corrected chi connectivity index (χ0v) is 18.2. The van der Waals surface area contributed by atoms with Crippen molar-refractivity contribution < 1.29 is 9.59 Å². The lowest BCUT2D eigenvalue weighted by Crippen LogP contribution is -2.39. The van der Waals surface area contributed by atoms with Gasteiger partial charge >= 0.3 is 6.03 Å². The minimum Gasteiger partial charge on any atom is -0.314 e. The molecule has 3 heterocycles. The van der Waals surface area contributed by atoms with Crippen molar-refractivity contribution in [2.24, 2.45) is 11.0 Å². The van der Waals surface area contributed by atoms with Crippen LogP contribution in [0.4, 0.5) is 10.5 Å². The van der Waals surface area contributed by atoms with Crippen molar-refractivity contribution in [2.75, 3.05) is 32.5 Å². The summed E-state index contributed by atoms with van der Waals surface area (Å²) in [5.41, 5.74) is 4.63. The standard InChI is InChI=1S/C23H28N6O2/c1-16-13-21(30)29(12-11-27(2)3)26-22(16)17-6-8-19(9-7-17)25-23(31)28-14-18-5-4-10-24-20(18)15-28/h4-10,16H,11-15H2,1-3H3,(H,25,31). The first-order valence-electron chi connectivity index (χ1n) is 10.5. The van der Waals surface area contributed by atoms with Crippen LogP contribution in [0, 0.1) is 5.92 Å². The predicted molar refractivity (Wildman–Crippen MR) is 120 cm³/mol. The molecule has 0 fully saturated rings. The van der Waals surface area contributed by atoms with Crippen molar-refractivity contribution in [2.45, 2.75) is 26.4 Å². The third kappa shape index (κ3) is 4.74. The molecule has 4 rings (SSSR count). The number of anilines is 1. The maximum absolute atomic E-state index is 12.6. The summed E-state index contributed by atoms with van der Waals surface area (Å²) in [4.78, 5) is 33.1. The van der Waals surface area contributed by atoms with E-state index in [4.69, 9.17) is 0 Å². The molecule has 0 saturated carbocycles. The van der Waals surface area contributed by atoms with Gasteiger partial charge in [0.25, 0.3) is 0 Å². The van der Waals surface area contributed by atoms with E-state index in [1.54, 1.807) is 16.1 Å². The van der Waals surface area contributed by atoms with Crippen molar-refractivity contribution in [1.82, 2.24) is 19.8 Å². The lowest BCUT2D eigenvalue weighted by Gasteiger charge is -2.28. The van der Waals surface area contributed by atoms with Gasteiger partial charge in [0.15, 0.2) is 0 Å². The summed E-state index contributed by atoms with van der Waals surface area (Å²) in [7, 11) is 3.96. The van der Waals surface area contributed by atoms with Gasteiger partial charge < -0.3 is 15.1 Å². The number of aromatic nitrogens is 1. The molecule has 1 aromatic carbocycles. The Kier molecular flexibility index (Phi) is 5.99. The van der Waals surface area contributed by atoms with E-state index < -0.39 is 0 Å². The molecule has 1 atom stereocenters. The van der Waals surface area contributed by atoms with Gasteiger partial charge in [-0.2, -0.15) is 5.10 Å². The van der Waals surface area contributed by atoms with Gasteiger partial charge in [-0.1, -0.05) is 25.1 Å². The molecule has 0 aliphatic carbocycles. The first kappa shape index (κ1) is 21.0. The number of pyridine rings is 1. The molecule has 1 unspecified atom stereocenters. The van der Waals surface area contributed by atoms with Crippen molar-refractivity contribution >= 4 is 23.3 Å². The van der Waals surface area contributed by atoms with E-state index >= 15 is 0 Å². The van der Waals surface area contributed by atoms with E-state index in [1.165, 1.54) is 0 Å². The molecule has 2 aliphatic heterocycles. The number of carbonyl (C=O) groups is 2. The largest absolute Gasteiger partial charge is 0.322 e. The van der Waals surface area contributed by atoms with E-state index in [2.05, 4.69) is 15.4 Å². The highest BCUT2D eigenvalue weighted by atomic mass is 16.2. The summed E-state index contributed by atoms with van der Waals surface area (Å²) >= 11 is 0. The van der Waals surface area contributed by atoms with Gasteiger partial charge in [0.05, 0.1) is 24.5 Å². The van der Waals surface area contributed by atoms with Crippen molar-refractivity contribution in [3.63, 3.8) is 0 Å². The fourth-order valence-corrected chi connectivity index (χ4v) is 3.83. The number of likely N-dealkylation sites (N-methyl/N-ethyl adjacent to an activating group) is 1. The van der Waals surface area contributed by atoms with Crippen molar-refractivity contribution in [1.29, 1.82) is 0 Å². The molecule has 0 spiro atoms. The summed E-state index contributed by atoms with van der Waals surface area (Å²) in [5.74, 6) is 0.113. The van der Waals surface area contributed by atoms with Gasteiger partial charge in [-0.3, -0.25) is 9.78 Å². The van der Waals surface area contributed by atoms with Crippen LogP contribution in [0.25, 0.3) is 0 Å². The lowest BCUT2D eigenvalue weighted by atomic mass is 9.93. The van der Waals surface area contributed by atoms with Gasteiger partial charge in [0, 0.05) is 37.3 Å². The van der Waals surface area contributed by atoms with Crippen LogP contribution in [-0.2, 0) is 17.9 Å². The molecule has 2 aromatic rings. The highest BCUT2D eigenvalue weighted by molar-refractivity contribution is 6.06.